The highest BCUT2D eigenvalue weighted by atomic mass is 16.6. The minimum absolute atomic E-state index is 0.0252. The van der Waals surface area contributed by atoms with Gasteiger partial charge in [0.1, 0.15) is 0 Å². The molecule has 8 unspecified atom stereocenters. The second-order valence-electron chi connectivity index (χ2n) is 13.7. The summed E-state index contributed by atoms with van der Waals surface area (Å²) in [5, 5.41) is 0. The molecule has 2 bridgehead atoms. The Bertz CT molecular complexity index is 1290. The molecular weight excluding hydrogens is 468 g/mol. The van der Waals surface area contributed by atoms with Gasteiger partial charge in [0.15, 0.2) is 22.8 Å². The van der Waals surface area contributed by atoms with Gasteiger partial charge in [0.2, 0.25) is 0 Å². The Morgan fingerprint density at radius 3 is 2.14 bits per heavy atom. The lowest BCUT2D eigenvalue weighted by Gasteiger charge is -2.58. The van der Waals surface area contributed by atoms with Crippen molar-refractivity contribution in [1.29, 1.82) is 0 Å². The van der Waals surface area contributed by atoms with Crippen molar-refractivity contribution in [3.8, 4) is 0 Å². The molecule has 6 heteroatoms. The summed E-state index contributed by atoms with van der Waals surface area (Å²) in [5.41, 5.74) is -2.49. The molecule has 0 amide bonds. The monoisotopic (exact) mass is 504 g/mol. The van der Waals surface area contributed by atoms with Gasteiger partial charge in [-0.05, 0) is 74.5 Å². The van der Waals surface area contributed by atoms with E-state index in [4.69, 9.17) is 9.47 Å². The van der Waals surface area contributed by atoms with Gasteiger partial charge in [0.05, 0.1) is 5.41 Å². The largest absolute Gasteiger partial charge is 0.451 e. The van der Waals surface area contributed by atoms with Crippen LogP contribution >= 0.6 is 0 Å². The highest BCUT2D eigenvalue weighted by molar-refractivity contribution is 6.01. The molecule has 8 aliphatic rings. The van der Waals surface area contributed by atoms with Crippen LogP contribution in [-0.4, -0.2) is 34.7 Å². The van der Waals surface area contributed by atoms with Crippen molar-refractivity contribution in [1.82, 2.24) is 0 Å². The summed E-state index contributed by atoms with van der Waals surface area (Å²) in [6.45, 7) is 10.7. The van der Waals surface area contributed by atoms with Crippen LogP contribution in [0.15, 0.2) is 36.0 Å². The maximum atomic E-state index is 14.0. The summed E-state index contributed by atoms with van der Waals surface area (Å²) in [5.74, 6) is -0.489. The molecule has 0 N–H and O–H groups in total. The van der Waals surface area contributed by atoms with Crippen LogP contribution in [0.2, 0.25) is 0 Å². The molecule has 0 aromatic rings. The van der Waals surface area contributed by atoms with E-state index in [0.29, 0.717) is 6.42 Å². The number of carbonyl (C=O) groups is 4. The zero-order chi connectivity index (χ0) is 26.5. The molecule has 0 radical (unpaired) electrons. The third-order valence-corrected chi connectivity index (χ3v) is 12.2. The van der Waals surface area contributed by atoms with Crippen LogP contribution in [0.1, 0.15) is 60.8 Å². The van der Waals surface area contributed by atoms with Crippen molar-refractivity contribution in [2.75, 3.05) is 0 Å². The van der Waals surface area contributed by atoms with Crippen molar-refractivity contribution in [3.63, 3.8) is 0 Å². The third-order valence-electron chi connectivity index (χ3n) is 12.2. The zero-order valence-corrected chi connectivity index (χ0v) is 22.5. The number of carbonyl (C=O) groups excluding carboxylic acids is 4. The molecule has 0 spiro atoms. The minimum Gasteiger partial charge on any atom is -0.451 e. The van der Waals surface area contributed by atoms with Gasteiger partial charge < -0.3 is 9.47 Å². The Hall–Kier alpha value is -2.50. The van der Waals surface area contributed by atoms with E-state index in [0.717, 1.165) is 18.4 Å². The highest BCUT2D eigenvalue weighted by Crippen LogP contribution is 2.92. The second kappa shape index (κ2) is 6.55. The van der Waals surface area contributed by atoms with E-state index in [1.54, 1.807) is 6.92 Å². The second-order valence-corrected chi connectivity index (χ2v) is 13.7. The first kappa shape index (κ1) is 23.6. The van der Waals surface area contributed by atoms with Gasteiger partial charge in [-0.2, -0.15) is 0 Å². The fourth-order valence-corrected chi connectivity index (χ4v) is 11.5. The van der Waals surface area contributed by atoms with Crippen molar-refractivity contribution < 1.29 is 28.7 Å². The maximum absolute atomic E-state index is 14.0. The van der Waals surface area contributed by atoms with Crippen LogP contribution in [0.25, 0.3) is 0 Å². The predicted molar refractivity (Wildman–Crippen MR) is 134 cm³/mol. The minimum atomic E-state index is -1.23. The number of ether oxygens (including phenoxy) is 2. The Morgan fingerprint density at radius 2 is 1.49 bits per heavy atom. The summed E-state index contributed by atoms with van der Waals surface area (Å²) in [7, 11) is 0. The lowest BCUT2D eigenvalue weighted by Crippen LogP contribution is -2.65. The Kier molecular flexibility index (Phi) is 4.18. The fourth-order valence-electron chi connectivity index (χ4n) is 11.5. The lowest BCUT2D eigenvalue weighted by molar-refractivity contribution is -0.186. The zero-order valence-electron chi connectivity index (χ0n) is 22.5. The number of hydrogen-bond acceptors (Lipinski definition) is 6. The third kappa shape index (κ3) is 2.29. The molecule has 196 valence electrons. The number of ketones is 2. The number of esters is 2. The van der Waals surface area contributed by atoms with Crippen molar-refractivity contribution in [3.05, 3.63) is 36.0 Å². The first-order chi connectivity index (χ1) is 17.3. The SMILES string of the molecule is CC(=O)OC1(C)C(=O)C2C3(C)C4C=CCC4C1C23CC1=C[C@@]2(C)C(=O)C(C)(OC(C)=O)[C@H]1[C@@H]1CC=C[C@@H]12. The molecule has 12 atom stereocenters. The Balaban J connectivity index is 1.37. The average molecular weight is 505 g/mol. The Morgan fingerprint density at radius 1 is 0.892 bits per heavy atom. The van der Waals surface area contributed by atoms with Crippen LogP contribution < -0.4 is 0 Å². The van der Waals surface area contributed by atoms with E-state index in [1.165, 1.54) is 13.8 Å². The fraction of sp³-hybridized carbons (Fsp3) is 0.677. The number of rotatable bonds is 4. The van der Waals surface area contributed by atoms with Crippen LogP contribution in [0, 0.1) is 57.7 Å². The Labute approximate surface area is 217 Å². The van der Waals surface area contributed by atoms with Gasteiger partial charge in [-0.15, -0.1) is 0 Å². The topological polar surface area (TPSA) is 86.7 Å². The highest BCUT2D eigenvalue weighted by Gasteiger charge is 2.94. The summed E-state index contributed by atoms with van der Waals surface area (Å²) >= 11 is 0. The lowest BCUT2D eigenvalue weighted by atomic mass is 9.47. The van der Waals surface area contributed by atoms with E-state index in [9.17, 15) is 19.2 Å². The van der Waals surface area contributed by atoms with Crippen LogP contribution in [0.4, 0.5) is 0 Å². The number of fused-ring (bicyclic) bond motifs is 5. The van der Waals surface area contributed by atoms with E-state index in [-0.39, 0.29) is 63.8 Å². The van der Waals surface area contributed by atoms with Crippen molar-refractivity contribution in [2.24, 2.45) is 57.7 Å². The quantitative estimate of drug-likeness (QED) is 0.417. The molecule has 0 aliphatic heterocycles. The van der Waals surface area contributed by atoms with Gasteiger partial charge in [0.25, 0.3) is 0 Å². The molecule has 37 heavy (non-hydrogen) atoms. The first-order valence-electron chi connectivity index (χ1n) is 13.8. The van der Waals surface area contributed by atoms with E-state index >= 15 is 0 Å². The van der Waals surface area contributed by atoms with E-state index in [2.05, 4.69) is 37.3 Å². The van der Waals surface area contributed by atoms with Gasteiger partial charge >= 0.3 is 11.9 Å². The first-order valence-corrected chi connectivity index (χ1v) is 13.8. The standard InChI is InChI=1S/C31H36O6/c1-15(32)36-29(5)22-17(13-27(3,26(29)35)20-11-7-9-18(20)22)14-31-23-19-10-8-12-21(19)28(31,4)24(31)25(34)30(23,6)37-16(2)33/h7-8,11-13,18-24H,9-10,14H2,1-6H3/t18-,19?,20+,21?,22-,23?,24?,27-,28?,29?,30?,31?/m1/s1. The number of allylic oxidation sites excluding steroid dienone is 5. The average Bonchev–Trinajstić information content (AvgIpc) is 3.32. The number of hydrogen-bond donors (Lipinski definition) is 0. The molecule has 0 saturated heterocycles. The molecule has 0 heterocycles. The van der Waals surface area contributed by atoms with Gasteiger partial charge in [0, 0.05) is 31.6 Å². The molecular formula is C31H36O6. The van der Waals surface area contributed by atoms with Gasteiger partial charge in [-0.1, -0.05) is 42.9 Å². The summed E-state index contributed by atoms with van der Waals surface area (Å²) in [6, 6.07) is 0. The maximum Gasteiger partial charge on any atom is 0.303 e. The summed E-state index contributed by atoms with van der Waals surface area (Å²) in [4.78, 5) is 52.5. The molecule has 0 aromatic heterocycles. The smallest absolute Gasteiger partial charge is 0.303 e. The predicted octanol–water partition coefficient (Wildman–Crippen LogP) is 4.38. The van der Waals surface area contributed by atoms with Gasteiger partial charge in [-0.25, -0.2) is 0 Å². The molecule has 6 nitrogen and oxygen atoms in total. The van der Waals surface area contributed by atoms with E-state index < -0.39 is 28.6 Å². The molecule has 8 rings (SSSR count). The normalized spacial score (nSPS) is 55.2. The van der Waals surface area contributed by atoms with E-state index in [1.807, 2.05) is 13.8 Å². The van der Waals surface area contributed by atoms with Crippen molar-refractivity contribution in [2.45, 2.75) is 72.0 Å². The van der Waals surface area contributed by atoms with Crippen LogP contribution in [0.3, 0.4) is 0 Å². The van der Waals surface area contributed by atoms with Crippen LogP contribution in [-0.2, 0) is 28.7 Å². The number of Topliss-reactive ketones (excluding diaryl/α,β-unsaturated/α-hetero) is 2. The molecule has 8 aliphatic carbocycles. The molecule has 0 aromatic carbocycles. The summed E-state index contributed by atoms with van der Waals surface area (Å²) < 4.78 is 11.8. The molecule has 4 fully saturated rings. The summed E-state index contributed by atoms with van der Waals surface area (Å²) in [6.07, 6.45) is 13.4. The molecule has 4 saturated carbocycles. The van der Waals surface area contributed by atoms with Gasteiger partial charge in [-0.3, -0.25) is 19.2 Å². The van der Waals surface area contributed by atoms with Crippen molar-refractivity contribution >= 4 is 23.5 Å². The van der Waals surface area contributed by atoms with Crippen LogP contribution in [0.5, 0.6) is 0 Å².